The smallest absolute Gasteiger partial charge is 0.0601 e. The van der Waals surface area contributed by atoms with E-state index in [0.29, 0.717) is 0 Å². The Morgan fingerprint density at radius 3 is 2.28 bits per heavy atom. The van der Waals surface area contributed by atoms with E-state index in [0.717, 1.165) is 16.8 Å². The summed E-state index contributed by atoms with van der Waals surface area (Å²) >= 11 is 0. The third kappa shape index (κ3) is 2.74. The molecule has 0 spiro atoms. The van der Waals surface area contributed by atoms with Gasteiger partial charge >= 0.3 is 0 Å². The molecule has 0 aliphatic heterocycles. The Morgan fingerprint density at radius 1 is 0.640 bits per heavy atom. The van der Waals surface area contributed by atoms with Crippen LogP contribution in [0.15, 0.2) is 84.9 Å². The average molecular weight is 497 g/mol. The van der Waals surface area contributed by atoms with Crippen molar-refractivity contribution in [1.29, 1.82) is 0 Å². The maximum atomic E-state index is 4.87. The second-order valence-electron chi connectivity index (χ2n) is 6.03. The molecule has 0 bridgehead atoms. The molecule has 1 nitrogen and oxygen atoms in total. The van der Waals surface area contributed by atoms with Crippen LogP contribution in [-0.2, 0) is 20.1 Å². The summed E-state index contributed by atoms with van der Waals surface area (Å²) in [6.07, 6.45) is 0. The van der Waals surface area contributed by atoms with Crippen LogP contribution in [0.2, 0.25) is 0 Å². The van der Waals surface area contributed by atoms with Gasteiger partial charge in [-0.15, -0.1) is 29.1 Å². The Bertz CT molecular complexity index is 1210. The van der Waals surface area contributed by atoms with Gasteiger partial charge in [-0.1, -0.05) is 72.1 Å². The minimum absolute atomic E-state index is 0. The number of hydrogen-bond acceptors (Lipinski definition) is 1. The van der Waals surface area contributed by atoms with Crippen molar-refractivity contribution < 1.29 is 20.1 Å². The van der Waals surface area contributed by atoms with Crippen molar-refractivity contribution in [3.8, 4) is 11.3 Å². The zero-order valence-electron chi connectivity index (χ0n) is 13.4. The van der Waals surface area contributed by atoms with Gasteiger partial charge in [0.25, 0.3) is 0 Å². The first-order valence-corrected chi connectivity index (χ1v) is 8.08. The normalized spacial score (nSPS) is 10.9. The van der Waals surface area contributed by atoms with Crippen molar-refractivity contribution in [2.75, 3.05) is 0 Å². The first kappa shape index (κ1) is 16.0. The molecular weight excluding hydrogens is 482 g/mol. The van der Waals surface area contributed by atoms with Crippen LogP contribution >= 0.6 is 0 Å². The molecule has 0 unspecified atom stereocenters. The SMILES string of the molecule is [Ir].[c-]1cc2ccccc2cc1-c1ccc2c(ccc3ccccc32)n1. The molecule has 25 heavy (non-hydrogen) atoms. The summed E-state index contributed by atoms with van der Waals surface area (Å²) in [6.45, 7) is 0. The second kappa shape index (κ2) is 6.40. The zero-order valence-corrected chi connectivity index (χ0v) is 15.8. The Morgan fingerprint density at radius 2 is 1.40 bits per heavy atom. The zero-order chi connectivity index (χ0) is 15.9. The summed E-state index contributed by atoms with van der Waals surface area (Å²) in [4.78, 5) is 4.87. The Balaban J connectivity index is 0.00000157. The Labute approximate surface area is 159 Å². The molecule has 0 amide bonds. The molecule has 1 aromatic heterocycles. The van der Waals surface area contributed by atoms with Gasteiger partial charge in [-0.25, -0.2) is 0 Å². The molecule has 1 heterocycles. The van der Waals surface area contributed by atoms with Crippen molar-refractivity contribution in [2.24, 2.45) is 0 Å². The van der Waals surface area contributed by atoms with E-state index in [1.165, 1.54) is 26.9 Å². The van der Waals surface area contributed by atoms with E-state index in [1.807, 2.05) is 6.07 Å². The Hall–Kier alpha value is -2.54. The van der Waals surface area contributed by atoms with Crippen LogP contribution in [-0.4, -0.2) is 4.98 Å². The monoisotopic (exact) mass is 497 g/mol. The summed E-state index contributed by atoms with van der Waals surface area (Å²) in [5.41, 5.74) is 3.01. The number of rotatable bonds is 1. The maximum absolute atomic E-state index is 4.87. The predicted octanol–water partition coefficient (Wildman–Crippen LogP) is 6.01. The molecule has 5 rings (SSSR count). The van der Waals surface area contributed by atoms with E-state index >= 15 is 0 Å². The molecule has 121 valence electrons. The first-order chi connectivity index (χ1) is 11.9. The number of benzene rings is 4. The molecule has 4 aromatic carbocycles. The van der Waals surface area contributed by atoms with Crippen LogP contribution in [0.4, 0.5) is 0 Å². The standard InChI is InChI=1S/C23H14N.Ir/c1-2-7-18-15-19(10-9-16(18)5-1)22-14-12-21-20-8-4-3-6-17(20)11-13-23(21)24-22;/h1-9,11-15H;/q-1;. The first-order valence-electron chi connectivity index (χ1n) is 8.08. The largest absolute Gasteiger partial charge is 0.296 e. The van der Waals surface area contributed by atoms with E-state index in [2.05, 4.69) is 84.9 Å². The van der Waals surface area contributed by atoms with Gasteiger partial charge in [0.05, 0.1) is 5.52 Å². The fourth-order valence-corrected chi connectivity index (χ4v) is 3.31. The predicted molar refractivity (Wildman–Crippen MR) is 101 cm³/mol. The van der Waals surface area contributed by atoms with Gasteiger partial charge in [0, 0.05) is 25.5 Å². The van der Waals surface area contributed by atoms with Gasteiger partial charge in [-0.2, -0.15) is 0 Å². The fraction of sp³-hybridized carbons (Fsp3) is 0. The van der Waals surface area contributed by atoms with Crippen molar-refractivity contribution in [3.63, 3.8) is 0 Å². The molecule has 0 saturated heterocycles. The number of hydrogen-bond donors (Lipinski definition) is 0. The van der Waals surface area contributed by atoms with E-state index < -0.39 is 0 Å². The summed E-state index contributed by atoms with van der Waals surface area (Å²) in [7, 11) is 0. The van der Waals surface area contributed by atoms with Crippen LogP contribution in [0.25, 0.3) is 43.7 Å². The van der Waals surface area contributed by atoms with Crippen molar-refractivity contribution >= 4 is 32.4 Å². The van der Waals surface area contributed by atoms with Crippen LogP contribution in [0, 0.1) is 6.07 Å². The number of aromatic nitrogens is 1. The van der Waals surface area contributed by atoms with E-state index in [9.17, 15) is 0 Å². The van der Waals surface area contributed by atoms with Crippen LogP contribution < -0.4 is 0 Å². The number of fused-ring (bicyclic) bond motifs is 4. The summed E-state index contributed by atoms with van der Waals surface area (Å²) < 4.78 is 0. The molecule has 0 aliphatic carbocycles. The molecule has 0 aliphatic rings. The fourth-order valence-electron chi connectivity index (χ4n) is 3.31. The van der Waals surface area contributed by atoms with E-state index in [1.54, 1.807) is 0 Å². The minimum Gasteiger partial charge on any atom is -0.296 e. The van der Waals surface area contributed by atoms with E-state index in [4.69, 9.17) is 4.98 Å². The van der Waals surface area contributed by atoms with Gasteiger partial charge in [-0.05, 0) is 22.5 Å². The topological polar surface area (TPSA) is 12.9 Å². The van der Waals surface area contributed by atoms with Crippen molar-refractivity contribution in [2.45, 2.75) is 0 Å². The van der Waals surface area contributed by atoms with Gasteiger partial charge in [-0.3, -0.25) is 4.98 Å². The summed E-state index contributed by atoms with van der Waals surface area (Å²) in [5.74, 6) is 0. The van der Waals surface area contributed by atoms with Crippen molar-refractivity contribution in [1.82, 2.24) is 4.98 Å². The summed E-state index contributed by atoms with van der Waals surface area (Å²) in [5, 5.41) is 6.10. The second-order valence-corrected chi connectivity index (χ2v) is 6.03. The number of nitrogens with zero attached hydrogens (tertiary/aromatic N) is 1. The molecular formula is C23H14IrN-. The molecule has 0 N–H and O–H groups in total. The Kier molecular flexibility index (Phi) is 4.09. The van der Waals surface area contributed by atoms with Gasteiger partial charge in [0.1, 0.15) is 0 Å². The molecule has 5 aromatic rings. The number of pyridine rings is 1. The molecule has 0 saturated carbocycles. The van der Waals surface area contributed by atoms with E-state index in [-0.39, 0.29) is 20.1 Å². The maximum Gasteiger partial charge on any atom is 0.0601 e. The minimum atomic E-state index is 0. The molecule has 0 fully saturated rings. The van der Waals surface area contributed by atoms with Gasteiger partial charge in [0.2, 0.25) is 0 Å². The average Bonchev–Trinajstić information content (AvgIpc) is 2.67. The molecule has 2 heteroatoms. The third-order valence-corrected chi connectivity index (χ3v) is 4.55. The molecule has 1 radical (unpaired) electrons. The van der Waals surface area contributed by atoms with Crippen molar-refractivity contribution in [3.05, 3.63) is 91.0 Å². The van der Waals surface area contributed by atoms with Gasteiger partial charge < -0.3 is 0 Å². The van der Waals surface area contributed by atoms with Crippen LogP contribution in [0.1, 0.15) is 0 Å². The summed E-state index contributed by atoms with van der Waals surface area (Å²) in [6, 6.07) is 32.8. The van der Waals surface area contributed by atoms with Gasteiger partial charge in [0.15, 0.2) is 0 Å². The quantitative estimate of drug-likeness (QED) is 0.205. The third-order valence-electron chi connectivity index (χ3n) is 4.55. The van der Waals surface area contributed by atoms with Crippen LogP contribution in [0.3, 0.4) is 0 Å². The molecule has 0 atom stereocenters. The van der Waals surface area contributed by atoms with Crippen LogP contribution in [0.5, 0.6) is 0 Å².